The number of carbonyl (C=O) groups is 2. The molecule has 5 heteroatoms. The van der Waals surface area contributed by atoms with Crippen LogP contribution in [0.2, 0.25) is 0 Å². The van der Waals surface area contributed by atoms with E-state index in [0.29, 0.717) is 17.9 Å². The van der Waals surface area contributed by atoms with Gasteiger partial charge in [0.2, 0.25) is 5.91 Å². The van der Waals surface area contributed by atoms with Crippen LogP contribution in [0.5, 0.6) is 5.75 Å². The molecule has 2 N–H and O–H groups in total. The third kappa shape index (κ3) is 3.17. The fourth-order valence-corrected chi connectivity index (χ4v) is 2.84. The highest BCUT2D eigenvalue weighted by molar-refractivity contribution is 5.99. The number of amides is 1. The minimum Gasteiger partial charge on any atom is -0.488 e. The second-order valence-electron chi connectivity index (χ2n) is 5.80. The zero-order chi connectivity index (χ0) is 14.8. The lowest BCUT2D eigenvalue weighted by molar-refractivity contribution is -0.139. The van der Waals surface area contributed by atoms with Crippen molar-refractivity contribution in [3.63, 3.8) is 0 Å². The van der Waals surface area contributed by atoms with E-state index in [0.717, 1.165) is 12.8 Å². The standard InChI is InChI=1S/C16H19NO4/c18-15(11-9-12(11)16(19)20)17-13-7-3-4-8-14(13)21-10-5-1-2-6-10/h3-4,7-8,10-12H,1-2,5-6,9H2,(H,17,18)(H,19,20)/t11-,12-/m1/s1. The number of carboxylic acid groups (broad SMARTS) is 1. The molecule has 0 unspecified atom stereocenters. The molecule has 2 aliphatic rings. The second-order valence-corrected chi connectivity index (χ2v) is 5.80. The SMILES string of the molecule is O=C(O)[C@@H]1C[C@H]1C(=O)Nc1ccccc1OC1CCCC1. The monoisotopic (exact) mass is 289 g/mol. The summed E-state index contributed by atoms with van der Waals surface area (Å²) in [5, 5.41) is 11.7. The van der Waals surface area contributed by atoms with Gasteiger partial charge >= 0.3 is 5.97 Å². The lowest BCUT2D eigenvalue weighted by Crippen LogP contribution is -2.18. The van der Waals surface area contributed by atoms with E-state index in [1.165, 1.54) is 12.8 Å². The Balaban J connectivity index is 1.65. The molecule has 2 atom stereocenters. The molecule has 3 rings (SSSR count). The molecule has 0 bridgehead atoms. The van der Waals surface area contributed by atoms with Crippen molar-refractivity contribution < 1.29 is 19.4 Å². The first-order valence-corrected chi connectivity index (χ1v) is 7.44. The largest absolute Gasteiger partial charge is 0.488 e. The Labute approximate surface area is 123 Å². The van der Waals surface area contributed by atoms with E-state index in [9.17, 15) is 9.59 Å². The Morgan fingerprint density at radius 2 is 1.86 bits per heavy atom. The highest BCUT2D eigenvalue weighted by Crippen LogP contribution is 2.40. The summed E-state index contributed by atoms with van der Waals surface area (Å²) < 4.78 is 5.95. The van der Waals surface area contributed by atoms with Gasteiger partial charge in [0.25, 0.3) is 0 Å². The van der Waals surface area contributed by atoms with Crippen LogP contribution in [0, 0.1) is 11.8 Å². The van der Waals surface area contributed by atoms with Crippen molar-refractivity contribution in [2.75, 3.05) is 5.32 Å². The highest BCUT2D eigenvalue weighted by Gasteiger charge is 2.48. The van der Waals surface area contributed by atoms with Crippen LogP contribution in [0.4, 0.5) is 5.69 Å². The summed E-state index contributed by atoms with van der Waals surface area (Å²) in [6.45, 7) is 0. The first-order chi connectivity index (χ1) is 10.1. The maximum Gasteiger partial charge on any atom is 0.307 e. The van der Waals surface area contributed by atoms with E-state index in [1.807, 2.05) is 18.2 Å². The van der Waals surface area contributed by atoms with Crippen LogP contribution in [-0.4, -0.2) is 23.1 Å². The third-order valence-corrected chi connectivity index (χ3v) is 4.19. The molecule has 0 radical (unpaired) electrons. The summed E-state index contributed by atoms with van der Waals surface area (Å²) >= 11 is 0. The Morgan fingerprint density at radius 1 is 1.14 bits per heavy atom. The summed E-state index contributed by atoms with van der Waals surface area (Å²) in [4.78, 5) is 22.9. The molecule has 21 heavy (non-hydrogen) atoms. The van der Waals surface area contributed by atoms with Crippen molar-refractivity contribution in [2.45, 2.75) is 38.2 Å². The van der Waals surface area contributed by atoms with Crippen LogP contribution in [0.1, 0.15) is 32.1 Å². The molecule has 5 nitrogen and oxygen atoms in total. The Kier molecular flexibility index (Phi) is 3.82. The molecular weight excluding hydrogens is 270 g/mol. The van der Waals surface area contributed by atoms with Gasteiger partial charge in [-0.25, -0.2) is 0 Å². The number of anilines is 1. The van der Waals surface area contributed by atoms with Gasteiger partial charge in [-0.15, -0.1) is 0 Å². The van der Waals surface area contributed by atoms with Gasteiger partial charge in [0.1, 0.15) is 5.75 Å². The fourth-order valence-electron chi connectivity index (χ4n) is 2.84. The zero-order valence-corrected chi connectivity index (χ0v) is 11.7. The van der Waals surface area contributed by atoms with Crippen molar-refractivity contribution in [1.82, 2.24) is 0 Å². The lowest BCUT2D eigenvalue weighted by Gasteiger charge is -2.16. The number of aliphatic carboxylic acids is 1. The van der Waals surface area contributed by atoms with Crippen molar-refractivity contribution in [3.8, 4) is 5.75 Å². The molecule has 0 aliphatic heterocycles. The maximum absolute atomic E-state index is 12.0. The Hall–Kier alpha value is -2.04. The molecule has 112 valence electrons. The van der Waals surface area contributed by atoms with Gasteiger partial charge in [0.15, 0.2) is 0 Å². The fraction of sp³-hybridized carbons (Fsp3) is 0.500. The van der Waals surface area contributed by atoms with Crippen molar-refractivity contribution in [2.24, 2.45) is 11.8 Å². The third-order valence-electron chi connectivity index (χ3n) is 4.19. The van der Waals surface area contributed by atoms with Crippen LogP contribution in [0.15, 0.2) is 24.3 Å². The van der Waals surface area contributed by atoms with Gasteiger partial charge in [-0.05, 0) is 44.2 Å². The summed E-state index contributed by atoms with van der Waals surface area (Å²) in [5.41, 5.74) is 0.630. The number of carboxylic acids is 1. The number of carbonyl (C=O) groups excluding carboxylic acids is 1. The van der Waals surface area contributed by atoms with Gasteiger partial charge in [-0.2, -0.15) is 0 Å². The van der Waals surface area contributed by atoms with E-state index in [-0.39, 0.29) is 12.0 Å². The number of benzene rings is 1. The summed E-state index contributed by atoms with van der Waals surface area (Å²) in [7, 11) is 0. The number of nitrogens with one attached hydrogen (secondary N) is 1. The molecule has 1 amide bonds. The Bertz CT molecular complexity index is 551. The molecule has 0 saturated heterocycles. The normalized spacial score (nSPS) is 24.6. The number of hydrogen-bond donors (Lipinski definition) is 2. The van der Waals surface area contributed by atoms with E-state index in [2.05, 4.69) is 5.32 Å². The molecule has 0 spiro atoms. The van der Waals surface area contributed by atoms with Crippen molar-refractivity contribution >= 4 is 17.6 Å². The topological polar surface area (TPSA) is 75.6 Å². The molecule has 1 aromatic rings. The molecular formula is C16H19NO4. The van der Waals surface area contributed by atoms with Gasteiger partial charge < -0.3 is 15.2 Å². The van der Waals surface area contributed by atoms with Crippen LogP contribution in [-0.2, 0) is 9.59 Å². The minimum atomic E-state index is -0.898. The summed E-state index contributed by atoms with van der Waals surface area (Å²) in [6.07, 6.45) is 5.10. The van der Waals surface area contributed by atoms with E-state index < -0.39 is 17.8 Å². The first kappa shape index (κ1) is 13.9. The number of para-hydroxylation sites is 2. The maximum atomic E-state index is 12.0. The van der Waals surface area contributed by atoms with Gasteiger partial charge in [-0.1, -0.05) is 12.1 Å². The predicted molar refractivity (Wildman–Crippen MR) is 77.2 cm³/mol. The van der Waals surface area contributed by atoms with Crippen molar-refractivity contribution in [1.29, 1.82) is 0 Å². The van der Waals surface area contributed by atoms with Gasteiger partial charge in [0, 0.05) is 0 Å². The van der Waals surface area contributed by atoms with Crippen LogP contribution in [0.25, 0.3) is 0 Å². The average molecular weight is 289 g/mol. The Morgan fingerprint density at radius 3 is 2.52 bits per heavy atom. The number of ether oxygens (including phenoxy) is 1. The first-order valence-electron chi connectivity index (χ1n) is 7.44. The van der Waals surface area contributed by atoms with E-state index >= 15 is 0 Å². The van der Waals surface area contributed by atoms with Crippen molar-refractivity contribution in [3.05, 3.63) is 24.3 Å². The second kappa shape index (κ2) is 5.76. The molecule has 1 aromatic carbocycles. The highest BCUT2D eigenvalue weighted by atomic mass is 16.5. The molecule has 2 saturated carbocycles. The average Bonchev–Trinajstić information content (AvgIpc) is 3.12. The minimum absolute atomic E-state index is 0.218. The van der Waals surface area contributed by atoms with Gasteiger partial charge in [-0.3, -0.25) is 9.59 Å². The number of rotatable bonds is 5. The summed E-state index contributed by atoms with van der Waals surface area (Å²) in [6, 6.07) is 7.34. The van der Waals surface area contributed by atoms with Crippen LogP contribution < -0.4 is 10.1 Å². The smallest absolute Gasteiger partial charge is 0.307 e. The van der Waals surface area contributed by atoms with Crippen LogP contribution in [0.3, 0.4) is 0 Å². The molecule has 0 heterocycles. The molecule has 2 aliphatic carbocycles. The lowest BCUT2D eigenvalue weighted by atomic mass is 10.2. The molecule has 2 fully saturated rings. The van der Waals surface area contributed by atoms with E-state index in [4.69, 9.17) is 9.84 Å². The number of hydrogen-bond acceptors (Lipinski definition) is 3. The zero-order valence-electron chi connectivity index (χ0n) is 11.7. The summed E-state index contributed by atoms with van der Waals surface area (Å²) in [5.74, 6) is -1.41. The van der Waals surface area contributed by atoms with Crippen LogP contribution >= 0.6 is 0 Å². The van der Waals surface area contributed by atoms with Gasteiger partial charge in [0.05, 0.1) is 23.6 Å². The van der Waals surface area contributed by atoms with E-state index in [1.54, 1.807) is 6.07 Å². The predicted octanol–water partition coefficient (Wildman–Crippen LogP) is 2.67. The molecule has 0 aromatic heterocycles. The quantitative estimate of drug-likeness (QED) is 0.873.